The summed E-state index contributed by atoms with van der Waals surface area (Å²) >= 11 is 0. The van der Waals surface area contributed by atoms with Crippen LogP contribution in [0.5, 0.6) is 0 Å². The second-order valence-electron chi connectivity index (χ2n) is 13.2. The molecule has 0 aliphatic carbocycles. The molecule has 0 aromatic carbocycles. The molecule has 56 heavy (non-hydrogen) atoms. The maximum atomic E-state index is 12.5. The molecule has 0 aromatic heterocycles. The Hall–Kier alpha value is -3.40. The maximum absolute atomic E-state index is 12.5. The Kier molecular flexibility index (Phi) is 37.4. The van der Waals surface area contributed by atoms with Gasteiger partial charge in [0.15, 0.2) is 11.9 Å². The first-order valence-electron chi connectivity index (χ1n) is 20.7. The van der Waals surface area contributed by atoms with Crippen molar-refractivity contribution in [1.82, 2.24) is 0 Å². The van der Waals surface area contributed by atoms with Gasteiger partial charge in [0.05, 0.1) is 13.2 Å². The zero-order valence-electron chi connectivity index (χ0n) is 34.3. The number of phosphoric ester groups is 1. The molecule has 0 aliphatic heterocycles. The van der Waals surface area contributed by atoms with Crippen LogP contribution in [-0.4, -0.2) is 55.1 Å². The van der Waals surface area contributed by atoms with Crippen molar-refractivity contribution >= 4 is 25.5 Å². The topological polar surface area (TPSA) is 151 Å². The summed E-state index contributed by atoms with van der Waals surface area (Å²) in [4.78, 5) is 46.8. The highest BCUT2D eigenvalue weighted by Crippen LogP contribution is 2.43. The molecule has 0 aromatic rings. The highest BCUT2D eigenvalue weighted by Gasteiger charge is 2.25. The van der Waals surface area contributed by atoms with Gasteiger partial charge in [0.2, 0.25) is 0 Å². The van der Waals surface area contributed by atoms with Crippen LogP contribution in [-0.2, 0) is 37.5 Å². The van der Waals surface area contributed by atoms with Crippen LogP contribution < -0.4 is 5.73 Å². The molecule has 3 N–H and O–H groups in total. The average molecular weight is 802 g/mol. The van der Waals surface area contributed by atoms with Gasteiger partial charge < -0.3 is 20.1 Å². The van der Waals surface area contributed by atoms with Gasteiger partial charge in [0.25, 0.3) is 0 Å². The van der Waals surface area contributed by atoms with Crippen LogP contribution in [0.25, 0.3) is 0 Å². The number of esters is 2. The fourth-order valence-electron chi connectivity index (χ4n) is 4.87. The van der Waals surface area contributed by atoms with E-state index in [-0.39, 0.29) is 38.4 Å². The third-order valence-corrected chi connectivity index (χ3v) is 8.93. The fraction of sp³-hybridized carbons (Fsp3) is 0.578. The van der Waals surface area contributed by atoms with Crippen LogP contribution in [0.15, 0.2) is 97.2 Å². The quantitative estimate of drug-likeness (QED) is 0.0155. The lowest BCUT2D eigenvalue weighted by molar-refractivity contribution is -0.161. The zero-order chi connectivity index (χ0) is 41.2. The van der Waals surface area contributed by atoms with E-state index in [9.17, 15) is 23.8 Å². The summed E-state index contributed by atoms with van der Waals surface area (Å²) in [6.45, 7) is 3.31. The molecule has 11 heteroatoms. The molecule has 0 aliphatic rings. The first kappa shape index (κ1) is 52.6. The van der Waals surface area contributed by atoms with Gasteiger partial charge in [-0.05, 0) is 76.7 Å². The highest BCUT2D eigenvalue weighted by molar-refractivity contribution is 7.47. The number of nitrogens with two attached hydrogens (primary N) is 1. The SMILES string of the molecule is CC/C=C\C/C=C\C/C=C\C/C=C\C/C=C\C/C=C\CCC(=O)O[C@H](COC(=O)CCCCCCCC(=O)/C=C/C=C\CCCCC)COP(=O)(O)OCCN. The van der Waals surface area contributed by atoms with Crippen molar-refractivity contribution in [3.05, 3.63) is 97.2 Å². The van der Waals surface area contributed by atoms with E-state index in [1.165, 1.54) is 19.3 Å². The van der Waals surface area contributed by atoms with E-state index in [1.807, 2.05) is 24.3 Å². The fourth-order valence-corrected chi connectivity index (χ4v) is 5.64. The summed E-state index contributed by atoms with van der Waals surface area (Å²) in [5, 5.41) is 0. The van der Waals surface area contributed by atoms with Crippen molar-refractivity contribution in [1.29, 1.82) is 0 Å². The molecule has 0 saturated heterocycles. The van der Waals surface area contributed by atoms with Crippen LogP contribution in [0.1, 0.15) is 136 Å². The number of hydrogen-bond acceptors (Lipinski definition) is 9. The summed E-state index contributed by atoms with van der Waals surface area (Å²) < 4.78 is 32.5. The molecule has 1 unspecified atom stereocenters. The number of allylic oxidation sites excluding steroid dienone is 16. The van der Waals surface area contributed by atoms with E-state index >= 15 is 0 Å². The van der Waals surface area contributed by atoms with E-state index in [0.29, 0.717) is 19.3 Å². The molecule has 0 radical (unpaired) electrons. The summed E-state index contributed by atoms with van der Waals surface area (Å²) in [6, 6.07) is 0. The van der Waals surface area contributed by atoms with Crippen molar-refractivity contribution in [3.63, 3.8) is 0 Å². The third kappa shape index (κ3) is 38.9. The lowest BCUT2D eigenvalue weighted by Gasteiger charge is -2.19. The van der Waals surface area contributed by atoms with E-state index in [0.717, 1.165) is 70.6 Å². The highest BCUT2D eigenvalue weighted by atomic mass is 31.2. The van der Waals surface area contributed by atoms with Crippen molar-refractivity contribution in [3.8, 4) is 0 Å². The van der Waals surface area contributed by atoms with Gasteiger partial charge in [0.1, 0.15) is 6.61 Å². The number of ketones is 1. The zero-order valence-corrected chi connectivity index (χ0v) is 35.2. The molecule has 0 spiro atoms. The smallest absolute Gasteiger partial charge is 0.462 e. The Morgan fingerprint density at radius 2 is 1.18 bits per heavy atom. The Morgan fingerprint density at radius 3 is 1.77 bits per heavy atom. The van der Waals surface area contributed by atoms with Gasteiger partial charge in [-0.1, -0.05) is 137 Å². The van der Waals surface area contributed by atoms with Crippen LogP contribution in [0, 0.1) is 0 Å². The molecule has 0 rings (SSSR count). The summed E-state index contributed by atoms with van der Waals surface area (Å²) in [5.41, 5.74) is 5.33. The van der Waals surface area contributed by atoms with Crippen LogP contribution in [0.3, 0.4) is 0 Å². The van der Waals surface area contributed by atoms with Crippen LogP contribution in [0.2, 0.25) is 0 Å². The predicted molar refractivity (Wildman–Crippen MR) is 229 cm³/mol. The number of rotatable bonds is 37. The van der Waals surface area contributed by atoms with Crippen molar-refractivity contribution in [2.24, 2.45) is 5.73 Å². The number of unbranched alkanes of at least 4 members (excludes halogenated alkanes) is 7. The number of phosphoric acid groups is 1. The Balaban J connectivity index is 4.42. The Labute approximate surface area is 338 Å². The maximum Gasteiger partial charge on any atom is 0.472 e. The van der Waals surface area contributed by atoms with E-state index in [2.05, 4.69) is 80.7 Å². The van der Waals surface area contributed by atoms with Gasteiger partial charge in [-0.3, -0.25) is 23.4 Å². The second kappa shape index (κ2) is 39.8. The number of hydrogen-bond donors (Lipinski definition) is 2. The van der Waals surface area contributed by atoms with Gasteiger partial charge >= 0.3 is 19.8 Å². The Morgan fingerprint density at radius 1 is 0.607 bits per heavy atom. The first-order valence-corrected chi connectivity index (χ1v) is 22.2. The van der Waals surface area contributed by atoms with Crippen LogP contribution in [0.4, 0.5) is 0 Å². The summed E-state index contributed by atoms with van der Waals surface area (Å²) in [7, 11) is -4.43. The minimum absolute atomic E-state index is 0.0190. The molecular formula is C45H72NO9P. The minimum atomic E-state index is -4.43. The van der Waals surface area contributed by atoms with Crippen molar-refractivity contribution < 1.29 is 42.4 Å². The molecule has 0 heterocycles. The molecule has 0 saturated carbocycles. The largest absolute Gasteiger partial charge is 0.472 e. The van der Waals surface area contributed by atoms with Gasteiger partial charge in [-0.25, -0.2) is 4.57 Å². The molecule has 0 fully saturated rings. The normalized spacial score (nSPS) is 14.2. The number of carbonyl (C=O) groups excluding carboxylic acids is 3. The molecule has 316 valence electrons. The number of ether oxygens (including phenoxy) is 2. The lowest BCUT2D eigenvalue weighted by atomic mass is 10.1. The Bertz CT molecular complexity index is 1300. The van der Waals surface area contributed by atoms with E-state index in [1.54, 1.807) is 6.08 Å². The van der Waals surface area contributed by atoms with Gasteiger partial charge in [-0.15, -0.1) is 0 Å². The molecule has 0 amide bonds. The molecule has 0 bridgehead atoms. The van der Waals surface area contributed by atoms with Crippen molar-refractivity contribution in [2.75, 3.05) is 26.4 Å². The molecular weight excluding hydrogens is 729 g/mol. The van der Waals surface area contributed by atoms with Gasteiger partial charge in [0, 0.05) is 25.8 Å². The lowest BCUT2D eigenvalue weighted by Crippen LogP contribution is -2.29. The monoisotopic (exact) mass is 801 g/mol. The van der Waals surface area contributed by atoms with E-state index in [4.69, 9.17) is 24.3 Å². The number of carbonyl (C=O) groups is 3. The molecule has 2 atom stereocenters. The van der Waals surface area contributed by atoms with E-state index < -0.39 is 32.5 Å². The average Bonchev–Trinajstić information content (AvgIpc) is 3.18. The van der Waals surface area contributed by atoms with Crippen LogP contribution >= 0.6 is 7.82 Å². The summed E-state index contributed by atoms with van der Waals surface area (Å²) in [5.74, 6) is -0.917. The third-order valence-electron chi connectivity index (χ3n) is 7.94. The van der Waals surface area contributed by atoms with Gasteiger partial charge in [-0.2, -0.15) is 0 Å². The van der Waals surface area contributed by atoms with Crippen molar-refractivity contribution in [2.45, 2.75) is 142 Å². The molecule has 10 nitrogen and oxygen atoms in total. The second-order valence-corrected chi connectivity index (χ2v) is 14.6. The first-order chi connectivity index (χ1) is 27.2. The standard InChI is InChI=1S/C45H72NO9P/c1-3-5-7-9-11-12-13-14-15-16-17-18-19-20-21-22-24-28-33-37-45(49)55-43(41-54-56(50,51)53-39-38-46)40-52-44(48)36-32-29-25-27-31-35-42(47)34-30-26-23-10-8-6-4-2/h5,7,11-12,14-15,17-18,20-21,23-24,26,28,30,34,43H,3-4,6,8-10,13,16,19,22,25,27,29,31-33,35-41,46H2,1-2H3,(H,50,51)/b7-5-,12-11-,15-14-,18-17-,21-20-,26-23-,28-24-,34-30+/t43-/m1/s1. The predicted octanol–water partition coefficient (Wildman–Crippen LogP) is 11.0. The summed E-state index contributed by atoms with van der Waals surface area (Å²) in [6.07, 6.45) is 47.0. The minimum Gasteiger partial charge on any atom is -0.462 e.